The maximum atomic E-state index is 12.9. The van der Waals surface area contributed by atoms with Crippen molar-refractivity contribution in [2.75, 3.05) is 23.8 Å². The number of carbonyl (C=O) groups is 2. The van der Waals surface area contributed by atoms with Crippen molar-refractivity contribution in [3.8, 4) is 0 Å². The van der Waals surface area contributed by atoms with Crippen molar-refractivity contribution >= 4 is 45.4 Å². The van der Waals surface area contributed by atoms with Crippen molar-refractivity contribution in [1.82, 2.24) is 9.97 Å². The molecule has 50 heavy (non-hydrogen) atoms. The van der Waals surface area contributed by atoms with Gasteiger partial charge in [-0.05, 0) is 63.1 Å². The lowest BCUT2D eigenvalue weighted by molar-refractivity contribution is 0.0516. The van der Waals surface area contributed by atoms with Crippen LogP contribution in [0.1, 0.15) is 56.8 Å². The molecule has 256 valence electrons. The zero-order chi connectivity index (χ0) is 35.6. The Balaban J connectivity index is 0.000000194. The number of H-pyrrole nitrogens is 2. The van der Waals surface area contributed by atoms with Gasteiger partial charge in [-0.15, -0.1) is 0 Å². The van der Waals surface area contributed by atoms with Gasteiger partial charge in [-0.25, -0.2) is 9.59 Å². The van der Waals surface area contributed by atoms with Crippen molar-refractivity contribution in [3.63, 3.8) is 0 Å². The number of fused-ring (bicyclic) bond motifs is 2. The predicted molar refractivity (Wildman–Crippen MR) is 198 cm³/mol. The number of rotatable bonds is 10. The van der Waals surface area contributed by atoms with E-state index in [0.29, 0.717) is 46.5 Å². The molecule has 2 heterocycles. The van der Waals surface area contributed by atoms with Gasteiger partial charge in [-0.3, -0.25) is 9.59 Å². The largest absolute Gasteiger partial charge is 0.462 e. The summed E-state index contributed by atoms with van der Waals surface area (Å²) in [5, 5.41) is 7.28. The molecule has 0 saturated carbocycles. The summed E-state index contributed by atoms with van der Waals surface area (Å²) in [5.41, 5.74) is 4.73. The Morgan fingerprint density at radius 3 is 1.32 bits per heavy atom. The number of pyridine rings is 2. The minimum absolute atomic E-state index is 0.0101. The highest BCUT2D eigenvalue weighted by Gasteiger charge is 2.22. The van der Waals surface area contributed by atoms with Crippen LogP contribution in [0.2, 0.25) is 0 Å². The summed E-state index contributed by atoms with van der Waals surface area (Å²) in [6.07, 6.45) is 0. The molecule has 0 aliphatic rings. The van der Waals surface area contributed by atoms with Crippen LogP contribution in [0.25, 0.3) is 21.8 Å². The van der Waals surface area contributed by atoms with Gasteiger partial charge in [-0.1, -0.05) is 83.9 Å². The molecular formula is C40H40N4O6. The molecule has 0 spiro atoms. The number of nitrogens with one attached hydrogen (secondary N) is 4. The van der Waals surface area contributed by atoms with Crippen molar-refractivity contribution in [2.24, 2.45) is 0 Å². The smallest absolute Gasteiger partial charge is 0.345 e. The molecule has 4 N–H and O–H groups in total. The fraction of sp³-hybridized carbons (Fsp3) is 0.200. The molecule has 6 rings (SSSR count). The molecule has 0 aliphatic heterocycles. The minimum atomic E-state index is -0.622. The van der Waals surface area contributed by atoms with Crippen LogP contribution in [-0.2, 0) is 22.6 Å². The van der Waals surface area contributed by atoms with E-state index in [0.717, 1.165) is 22.3 Å². The molecule has 0 aliphatic carbocycles. The van der Waals surface area contributed by atoms with E-state index >= 15 is 0 Å². The summed E-state index contributed by atoms with van der Waals surface area (Å²) in [6.45, 7) is 8.64. The summed E-state index contributed by atoms with van der Waals surface area (Å²) < 4.78 is 10.2. The standard InChI is InChI=1S/2C20H20N2O3/c2*1-3-25-20(24)17-18(23)15-11-13(2)9-10-16(15)22-19(17)21-12-14-7-5-4-6-8-14/h2*4-11H,3,12H2,1-2H3,(H2,21,22,23). The van der Waals surface area contributed by atoms with E-state index in [1.807, 2.05) is 98.8 Å². The second-order valence-electron chi connectivity index (χ2n) is 11.6. The second kappa shape index (κ2) is 16.3. The van der Waals surface area contributed by atoms with E-state index in [-0.39, 0.29) is 35.2 Å². The fourth-order valence-electron chi connectivity index (χ4n) is 5.43. The third-order valence-electron chi connectivity index (χ3n) is 7.90. The lowest BCUT2D eigenvalue weighted by Gasteiger charge is -2.13. The summed E-state index contributed by atoms with van der Waals surface area (Å²) in [4.78, 5) is 56.7. The van der Waals surface area contributed by atoms with Crippen LogP contribution in [0.15, 0.2) is 107 Å². The molecule has 2 aromatic heterocycles. The number of hydrogen-bond acceptors (Lipinski definition) is 8. The van der Waals surface area contributed by atoms with Gasteiger partial charge in [0.05, 0.1) is 24.2 Å². The maximum absolute atomic E-state index is 12.9. The number of aromatic nitrogens is 2. The van der Waals surface area contributed by atoms with Gasteiger partial charge in [0.2, 0.25) is 10.9 Å². The molecule has 6 aromatic rings. The van der Waals surface area contributed by atoms with E-state index in [1.165, 1.54) is 0 Å². The Morgan fingerprint density at radius 1 is 0.580 bits per heavy atom. The first-order valence-electron chi connectivity index (χ1n) is 16.4. The number of anilines is 2. The van der Waals surface area contributed by atoms with E-state index < -0.39 is 11.9 Å². The maximum Gasteiger partial charge on any atom is 0.345 e. The molecule has 0 unspecified atom stereocenters. The van der Waals surface area contributed by atoms with E-state index in [2.05, 4.69) is 20.6 Å². The van der Waals surface area contributed by atoms with Gasteiger partial charge in [0.15, 0.2) is 0 Å². The molecule has 0 fully saturated rings. The van der Waals surface area contributed by atoms with Crippen LogP contribution in [0.3, 0.4) is 0 Å². The lowest BCUT2D eigenvalue weighted by atomic mass is 10.1. The van der Waals surface area contributed by atoms with E-state index in [1.54, 1.807) is 26.0 Å². The minimum Gasteiger partial charge on any atom is -0.462 e. The molecule has 0 radical (unpaired) electrons. The van der Waals surface area contributed by atoms with Crippen molar-refractivity contribution in [1.29, 1.82) is 0 Å². The average Bonchev–Trinajstić information content (AvgIpc) is 3.12. The summed E-state index contributed by atoms with van der Waals surface area (Å²) in [7, 11) is 0. The van der Waals surface area contributed by atoms with Gasteiger partial charge in [0, 0.05) is 23.9 Å². The Morgan fingerprint density at radius 2 is 0.960 bits per heavy atom. The lowest BCUT2D eigenvalue weighted by Crippen LogP contribution is -2.22. The average molecular weight is 673 g/mol. The Bertz CT molecular complexity index is 2080. The second-order valence-corrected chi connectivity index (χ2v) is 11.6. The first kappa shape index (κ1) is 35.2. The Hall–Kier alpha value is -6.16. The number of aryl methyl sites for hydroxylation is 2. The van der Waals surface area contributed by atoms with Crippen molar-refractivity contribution < 1.29 is 19.1 Å². The topological polar surface area (TPSA) is 142 Å². The van der Waals surface area contributed by atoms with Crippen LogP contribution in [-0.4, -0.2) is 35.1 Å². The van der Waals surface area contributed by atoms with E-state index in [9.17, 15) is 19.2 Å². The third kappa shape index (κ3) is 8.27. The van der Waals surface area contributed by atoms with Crippen LogP contribution in [0.4, 0.5) is 11.6 Å². The first-order valence-corrected chi connectivity index (χ1v) is 16.4. The molecule has 0 atom stereocenters. The number of ether oxygens (including phenoxy) is 2. The van der Waals surface area contributed by atoms with Gasteiger partial charge in [0.25, 0.3) is 0 Å². The normalized spacial score (nSPS) is 10.6. The van der Waals surface area contributed by atoms with Gasteiger partial charge in [-0.2, -0.15) is 0 Å². The monoisotopic (exact) mass is 672 g/mol. The van der Waals surface area contributed by atoms with Crippen LogP contribution >= 0.6 is 0 Å². The molecule has 0 saturated heterocycles. The molecule has 4 aromatic carbocycles. The van der Waals surface area contributed by atoms with E-state index in [4.69, 9.17) is 9.47 Å². The number of hydrogen-bond donors (Lipinski definition) is 4. The highest BCUT2D eigenvalue weighted by molar-refractivity contribution is 6.00. The highest BCUT2D eigenvalue weighted by atomic mass is 16.5. The van der Waals surface area contributed by atoms with Crippen molar-refractivity contribution in [3.05, 3.63) is 151 Å². The SMILES string of the molecule is CCOC(=O)c1c(NCc2ccccc2)[nH]c2ccc(C)cc2c1=O.CCOC(=O)c1c(NCc2ccccc2)[nH]c2ccc(C)cc2c1=O. The molecule has 0 amide bonds. The highest BCUT2D eigenvalue weighted by Crippen LogP contribution is 2.20. The van der Waals surface area contributed by atoms with Crippen LogP contribution in [0.5, 0.6) is 0 Å². The molecule has 10 heteroatoms. The summed E-state index contributed by atoms with van der Waals surface area (Å²) >= 11 is 0. The fourth-order valence-corrected chi connectivity index (χ4v) is 5.43. The zero-order valence-corrected chi connectivity index (χ0v) is 28.5. The molecular weight excluding hydrogens is 632 g/mol. The zero-order valence-electron chi connectivity index (χ0n) is 28.5. The predicted octanol–water partition coefficient (Wildman–Crippen LogP) is 7.25. The van der Waals surface area contributed by atoms with Crippen LogP contribution < -0.4 is 21.5 Å². The summed E-state index contributed by atoms with van der Waals surface area (Å²) in [6, 6.07) is 30.6. The quantitative estimate of drug-likeness (QED) is 0.112. The first-order chi connectivity index (χ1) is 24.2. The van der Waals surface area contributed by atoms with Gasteiger partial charge < -0.3 is 30.1 Å². The Kier molecular flexibility index (Phi) is 11.5. The van der Waals surface area contributed by atoms with Crippen LogP contribution in [0, 0.1) is 13.8 Å². The number of carbonyl (C=O) groups excluding carboxylic acids is 2. The number of esters is 2. The van der Waals surface area contributed by atoms with Gasteiger partial charge in [0.1, 0.15) is 22.8 Å². The third-order valence-corrected chi connectivity index (χ3v) is 7.90. The molecule has 0 bridgehead atoms. The molecule has 10 nitrogen and oxygen atoms in total. The summed E-state index contributed by atoms with van der Waals surface area (Å²) in [5.74, 6) is -0.488. The van der Waals surface area contributed by atoms with Crippen molar-refractivity contribution in [2.45, 2.75) is 40.8 Å². The Labute approximate surface area is 289 Å². The number of aromatic amines is 2. The number of benzene rings is 4. The van der Waals surface area contributed by atoms with Gasteiger partial charge >= 0.3 is 11.9 Å².